The number of rotatable bonds is 9. The number of nitrogens with one attached hydrogen (secondary N) is 1. The van der Waals surface area contributed by atoms with E-state index in [1.165, 1.54) is 12.1 Å². The maximum Gasteiger partial charge on any atom is 0.416 e. The highest BCUT2D eigenvalue weighted by molar-refractivity contribution is 5.82. The monoisotopic (exact) mass is 360 g/mol. The van der Waals surface area contributed by atoms with E-state index in [0.29, 0.717) is 12.2 Å². The van der Waals surface area contributed by atoms with Gasteiger partial charge in [0.1, 0.15) is 0 Å². The molecular weight excluding hydrogens is 337 g/mol. The number of hydrogen-bond acceptors (Lipinski definition) is 4. The fourth-order valence-corrected chi connectivity index (χ4v) is 1.94. The fourth-order valence-electron chi connectivity index (χ4n) is 1.94. The third-order valence-corrected chi connectivity index (χ3v) is 3.51. The average molecular weight is 360 g/mol. The van der Waals surface area contributed by atoms with Crippen LogP contribution in [0.15, 0.2) is 24.3 Å². The highest BCUT2D eigenvalue weighted by atomic mass is 19.4. The molecule has 0 radical (unpaired) electrons. The van der Waals surface area contributed by atoms with Crippen LogP contribution >= 0.6 is 0 Å². The largest absolute Gasteiger partial charge is 0.466 e. The molecule has 0 saturated heterocycles. The first-order valence-electron chi connectivity index (χ1n) is 8.09. The van der Waals surface area contributed by atoms with E-state index >= 15 is 0 Å². The van der Waals surface area contributed by atoms with E-state index in [9.17, 15) is 22.8 Å². The van der Waals surface area contributed by atoms with Crippen LogP contribution in [0, 0.1) is 0 Å². The van der Waals surface area contributed by atoms with Crippen molar-refractivity contribution in [2.45, 2.75) is 51.4 Å². The molecular formula is C17H23F3N2O3. The average Bonchev–Trinajstić information content (AvgIpc) is 2.57. The van der Waals surface area contributed by atoms with Crippen molar-refractivity contribution in [2.75, 3.05) is 6.61 Å². The van der Waals surface area contributed by atoms with Crippen molar-refractivity contribution in [3.63, 3.8) is 0 Å². The molecule has 140 valence electrons. The number of amides is 1. The Hall–Kier alpha value is -2.09. The topological polar surface area (TPSA) is 81.4 Å². The number of alkyl halides is 3. The first-order valence-corrected chi connectivity index (χ1v) is 8.09. The van der Waals surface area contributed by atoms with Crippen LogP contribution in [0.25, 0.3) is 0 Å². The quantitative estimate of drug-likeness (QED) is 0.524. The van der Waals surface area contributed by atoms with Gasteiger partial charge >= 0.3 is 12.1 Å². The molecule has 1 atom stereocenters. The number of carbonyl (C=O) groups excluding carboxylic acids is 2. The molecule has 0 fully saturated rings. The van der Waals surface area contributed by atoms with Gasteiger partial charge in [0, 0.05) is 13.0 Å². The Morgan fingerprint density at radius 3 is 2.44 bits per heavy atom. The van der Waals surface area contributed by atoms with Crippen molar-refractivity contribution in [1.82, 2.24) is 5.32 Å². The minimum absolute atomic E-state index is 0.0403. The van der Waals surface area contributed by atoms with Gasteiger partial charge in [-0.3, -0.25) is 9.59 Å². The first kappa shape index (κ1) is 21.0. The van der Waals surface area contributed by atoms with E-state index in [1.807, 2.05) is 6.92 Å². The molecule has 1 rings (SSSR count). The summed E-state index contributed by atoms with van der Waals surface area (Å²) in [7, 11) is 0. The smallest absolute Gasteiger partial charge is 0.416 e. The lowest BCUT2D eigenvalue weighted by Crippen LogP contribution is -2.40. The maximum atomic E-state index is 12.5. The van der Waals surface area contributed by atoms with Crippen LogP contribution in [-0.2, 0) is 27.0 Å². The summed E-state index contributed by atoms with van der Waals surface area (Å²) >= 11 is 0. The molecule has 25 heavy (non-hydrogen) atoms. The summed E-state index contributed by atoms with van der Waals surface area (Å²) in [6.07, 6.45) is -2.51. The number of esters is 1. The van der Waals surface area contributed by atoms with E-state index in [1.54, 1.807) is 0 Å². The molecule has 1 unspecified atom stereocenters. The van der Waals surface area contributed by atoms with Gasteiger partial charge in [-0.15, -0.1) is 0 Å². The molecule has 0 aromatic heterocycles. The number of benzene rings is 1. The number of carbonyl (C=O) groups is 2. The highest BCUT2D eigenvalue weighted by Crippen LogP contribution is 2.29. The summed E-state index contributed by atoms with van der Waals surface area (Å²) in [4.78, 5) is 23.3. The van der Waals surface area contributed by atoms with Crippen molar-refractivity contribution < 1.29 is 27.5 Å². The Kier molecular flexibility index (Phi) is 8.40. The van der Waals surface area contributed by atoms with Gasteiger partial charge in [0.2, 0.25) is 5.91 Å². The molecule has 3 N–H and O–H groups in total. The van der Waals surface area contributed by atoms with Crippen molar-refractivity contribution in [1.29, 1.82) is 0 Å². The molecule has 0 heterocycles. The highest BCUT2D eigenvalue weighted by Gasteiger charge is 2.29. The van der Waals surface area contributed by atoms with Crippen LogP contribution < -0.4 is 11.1 Å². The third-order valence-electron chi connectivity index (χ3n) is 3.51. The summed E-state index contributed by atoms with van der Waals surface area (Å²) < 4.78 is 42.4. The second-order valence-corrected chi connectivity index (χ2v) is 5.63. The minimum atomic E-state index is -4.39. The van der Waals surface area contributed by atoms with Crippen LogP contribution in [0.4, 0.5) is 13.2 Å². The molecule has 0 saturated carbocycles. The molecule has 8 heteroatoms. The van der Waals surface area contributed by atoms with E-state index in [2.05, 4.69) is 5.32 Å². The fraction of sp³-hybridized carbons (Fsp3) is 0.529. The van der Waals surface area contributed by atoms with Gasteiger partial charge in [-0.05, 0) is 30.5 Å². The van der Waals surface area contributed by atoms with Gasteiger partial charge in [-0.1, -0.05) is 25.5 Å². The van der Waals surface area contributed by atoms with E-state index in [0.717, 1.165) is 25.0 Å². The van der Waals surface area contributed by atoms with Crippen molar-refractivity contribution >= 4 is 11.9 Å². The van der Waals surface area contributed by atoms with Crippen LogP contribution in [0.5, 0.6) is 0 Å². The van der Waals surface area contributed by atoms with Crippen molar-refractivity contribution in [3.05, 3.63) is 35.4 Å². The Bertz CT molecular complexity index is 559. The van der Waals surface area contributed by atoms with Crippen LogP contribution in [-0.4, -0.2) is 24.5 Å². The predicted octanol–water partition coefficient (Wildman–Crippen LogP) is 2.77. The van der Waals surface area contributed by atoms with Crippen molar-refractivity contribution in [2.24, 2.45) is 5.73 Å². The van der Waals surface area contributed by atoms with Crippen molar-refractivity contribution in [3.8, 4) is 0 Å². The third kappa shape index (κ3) is 8.02. The molecule has 0 aliphatic carbocycles. The zero-order valence-corrected chi connectivity index (χ0v) is 14.1. The molecule has 1 aromatic carbocycles. The first-order chi connectivity index (χ1) is 11.7. The SMILES string of the molecule is CCCCOC(=O)CCC(N)C(=O)NCc1ccc(C(F)(F)F)cc1. The van der Waals surface area contributed by atoms with Gasteiger partial charge in [-0.2, -0.15) is 13.2 Å². The molecule has 5 nitrogen and oxygen atoms in total. The molecule has 0 bridgehead atoms. The lowest BCUT2D eigenvalue weighted by molar-refractivity contribution is -0.144. The Balaban J connectivity index is 2.34. The second-order valence-electron chi connectivity index (χ2n) is 5.63. The van der Waals surface area contributed by atoms with E-state index in [-0.39, 0.29) is 19.4 Å². The van der Waals surface area contributed by atoms with Gasteiger partial charge in [0.15, 0.2) is 0 Å². The van der Waals surface area contributed by atoms with E-state index in [4.69, 9.17) is 10.5 Å². The summed E-state index contributed by atoms with van der Waals surface area (Å²) in [6, 6.07) is 3.61. The Morgan fingerprint density at radius 2 is 1.88 bits per heavy atom. The second kappa shape index (κ2) is 10.0. The molecule has 0 spiro atoms. The minimum Gasteiger partial charge on any atom is -0.466 e. The van der Waals surface area contributed by atoms with E-state index < -0.39 is 29.7 Å². The summed E-state index contributed by atoms with van der Waals surface area (Å²) in [5, 5.41) is 2.54. The van der Waals surface area contributed by atoms with Crippen LogP contribution in [0.1, 0.15) is 43.7 Å². The van der Waals surface area contributed by atoms with Gasteiger partial charge < -0.3 is 15.8 Å². The molecule has 0 aliphatic rings. The number of nitrogens with two attached hydrogens (primary N) is 1. The van der Waals surface area contributed by atoms with Gasteiger partial charge in [-0.25, -0.2) is 0 Å². The molecule has 1 amide bonds. The van der Waals surface area contributed by atoms with Crippen LogP contribution in [0.3, 0.4) is 0 Å². The standard InChI is InChI=1S/C17H23F3N2O3/c1-2-3-10-25-15(23)9-8-14(21)16(24)22-11-12-4-6-13(7-5-12)17(18,19)20/h4-7,14H,2-3,8-11,21H2,1H3,(H,22,24). The zero-order valence-electron chi connectivity index (χ0n) is 14.1. The summed E-state index contributed by atoms with van der Waals surface area (Å²) in [5.41, 5.74) is 5.47. The summed E-state index contributed by atoms with van der Waals surface area (Å²) in [5.74, 6) is -0.874. The summed E-state index contributed by atoms with van der Waals surface area (Å²) in [6.45, 7) is 2.39. The lowest BCUT2D eigenvalue weighted by Gasteiger charge is -2.13. The van der Waals surface area contributed by atoms with Crippen LogP contribution in [0.2, 0.25) is 0 Å². The number of halogens is 3. The van der Waals surface area contributed by atoms with Gasteiger partial charge in [0.05, 0.1) is 18.2 Å². The Morgan fingerprint density at radius 1 is 1.24 bits per heavy atom. The normalized spacial score (nSPS) is 12.5. The number of unbranched alkanes of at least 4 members (excludes halogenated alkanes) is 1. The Labute approximate surface area is 144 Å². The number of hydrogen-bond donors (Lipinski definition) is 2. The predicted molar refractivity (Wildman–Crippen MR) is 86.4 cm³/mol. The zero-order chi connectivity index (χ0) is 18.9. The molecule has 0 aliphatic heterocycles. The molecule has 1 aromatic rings. The van der Waals surface area contributed by atoms with Gasteiger partial charge in [0.25, 0.3) is 0 Å². The number of ether oxygens (including phenoxy) is 1. The lowest BCUT2D eigenvalue weighted by atomic mass is 10.1. The maximum absolute atomic E-state index is 12.5.